The van der Waals surface area contributed by atoms with Crippen LogP contribution >= 0.6 is 0 Å². The minimum absolute atomic E-state index is 0.441. The van der Waals surface area contributed by atoms with E-state index in [1.54, 1.807) is 4.72 Å². The van der Waals surface area contributed by atoms with Crippen molar-refractivity contribution >= 4 is 16.0 Å². The lowest BCUT2D eigenvalue weighted by molar-refractivity contribution is -0.139. The van der Waals surface area contributed by atoms with Gasteiger partial charge in [0.1, 0.15) is 6.04 Å². The molecule has 0 saturated carbocycles. The third-order valence-electron chi connectivity index (χ3n) is 2.17. The summed E-state index contributed by atoms with van der Waals surface area (Å²) >= 11 is 0. The van der Waals surface area contributed by atoms with Crippen LogP contribution in [-0.2, 0) is 21.0 Å². The summed E-state index contributed by atoms with van der Waals surface area (Å²) in [6.07, 6.45) is -4.68. The van der Waals surface area contributed by atoms with Crippen molar-refractivity contribution < 1.29 is 31.5 Å². The number of nitrogens with one attached hydrogen (secondary N) is 1. The normalized spacial score (nSPS) is 14.1. The van der Waals surface area contributed by atoms with Crippen molar-refractivity contribution in [2.24, 2.45) is 0 Å². The zero-order chi connectivity index (χ0) is 14.8. The summed E-state index contributed by atoms with van der Waals surface area (Å²) < 4.78 is 62.4. The lowest BCUT2D eigenvalue weighted by atomic mass is 10.2. The van der Waals surface area contributed by atoms with Gasteiger partial charge in [-0.1, -0.05) is 6.07 Å². The second-order valence-electron chi connectivity index (χ2n) is 3.71. The minimum atomic E-state index is -4.68. The largest absolute Gasteiger partial charge is 0.480 e. The first-order valence-electron chi connectivity index (χ1n) is 4.96. The van der Waals surface area contributed by atoms with Crippen molar-refractivity contribution in [2.75, 3.05) is 0 Å². The Morgan fingerprint density at radius 3 is 2.42 bits per heavy atom. The molecular formula is C10H10F3NO4S. The molecule has 0 aromatic heterocycles. The number of halogens is 3. The summed E-state index contributed by atoms with van der Waals surface area (Å²) in [6, 6.07) is 1.60. The van der Waals surface area contributed by atoms with Gasteiger partial charge in [0.2, 0.25) is 10.0 Å². The minimum Gasteiger partial charge on any atom is -0.480 e. The van der Waals surface area contributed by atoms with Crippen molar-refractivity contribution in [3.05, 3.63) is 29.8 Å². The maximum atomic E-state index is 12.4. The molecule has 0 unspecified atom stereocenters. The molecular weight excluding hydrogens is 287 g/mol. The number of sulfonamides is 1. The van der Waals surface area contributed by atoms with Gasteiger partial charge in [-0.05, 0) is 25.1 Å². The molecule has 106 valence electrons. The first-order valence-corrected chi connectivity index (χ1v) is 6.45. The summed E-state index contributed by atoms with van der Waals surface area (Å²) in [4.78, 5) is 9.88. The first-order chi connectivity index (χ1) is 8.54. The van der Waals surface area contributed by atoms with Gasteiger partial charge < -0.3 is 5.11 Å². The average molecular weight is 297 g/mol. The van der Waals surface area contributed by atoms with Crippen molar-refractivity contribution in [1.82, 2.24) is 4.72 Å². The average Bonchev–Trinajstić information content (AvgIpc) is 2.27. The molecule has 2 N–H and O–H groups in total. The lowest BCUT2D eigenvalue weighted by Crippen LogP contribution is -2.38. The third-order valence-corrected chi connectivity index (χ3v) is 3.71. The molecule has 1 rings (SSSR count). The van der Waals surface area contributed by atoms with E-state index in [1.165, 1.54) is 0 Å². The summed E-state index contributed by atoms with van der Waals surface area (Å²) in [5.74, 6) is -1.43. The number of benzene rings is 1. The Bertz CT molecular complexity index is 583. The molecule has 0 amide bonds. The summed E-state index contributed by atoms with van der Waals surface area (Å²) in [5.41, 5.74) is -1.13. The summed E-state index contributed by atoms with van der Waals surface area (Å²) in [5, 5.41) is 8.57. The number of alkyl halides is 3. The van der Waals surface area contributed by atoms with Crippen LogP contribution in [0.5, 0.6) is 0 Å². The Balaban J connectivity index is 3.13. The molecule has 0 aliphatic rings. The molecule has 5 nitrogen and oxygen atoms in total. The van der Waals surface area contributed by atoms with Crippen LogP contribution in [0.4, 0.5) is 13.2 Å². The molecule has 0 saturated heterocycles. The van der Waals surface area contributed by atoms with Gasteiger partial charge in [-0.15, -0.1) is 0 Å². The summed E-state index contributed by atoms with van der Waals surface area (Å²) in [7, 11) is -4.32. The SMILES string of the molecule is C[C@@H](NS(=O)(=O)c1cccc(C(F)(F)F)c1)C(=O)O. The van der Waals surface area contributed by atoms with Gasteiger partial charge >= 0.3 is 12.1 Å². The fourth-order valence-electron chi connectivity index (χ4n) is 1.19. The highest BCUT2D eigenvalue weighted by atomic mass is 32.2. The van der Waals surface area contributed by atoms with Crippen LogP contribution in [0, 0.1) is 0 Å². The van der Waals surface area contributed by atoms with E-state index in [0.717, 1.165) is 25.1 Å². The molecule has 0 radical (unpaired) electrons. The molecule has 1 aromatic rings. The van der Waals surface area contributed by atoms with Gasteiger partial charge in [-0.2, -0.15) is 17.9 Å². The Labute approximate surface area is 107 Å². The third kappa shape index (κ3) is 3.93. The molecule has 1 aromatic carbocycles. The van der Waals surface area contributed by atoms with Crippen LogP contribution in [0.25, 0.3) is 0 Å². The summed E-state index contributed by atoms with van der Waals surface area (Å²) in [6.45, 7) is 1.06. The fraction of sp³-hybridized carbons (Fsp3) is 0.300. The molecule has 0 fully saturated rings. The Hall–Kier alpha value is -1.61. The van der Waals surface area contributed by atoms with Crippen molar-refractivity contribution in [2.45, 2.75) is 24.0 Å². The van der Waals surface area contributed by atoms with Crippen LogP contribution < -0.4 is 4.72 Å². The van der Waals surface area contributed by atoms with Crippen LogP contribution in [0.1, 0.15) is 12.5 Å². The number of carbonyl (C=O) groups is 1. The number of carboxylic acids is 1. The highest BCUT2D eigenvalue weighted by Crippen LogP contribution is 2.30. The van der Waals surface area contributed by atoms with Gasteiger partial charge in [0.25, 0.3) is 0 Å². The number of rotatable bonds is 4. The lowest BCUT2D eigenvalue weighted by Gasteiger charge is -2.12. The molecule has 19 heavy (non-hydrogen) atoms. The molecule has 1 atom stereocenters. The zero-order valence-corrected chi connectivity index (χ0v) is 10.4. The van der Waals surface area contributed by atoms with Crippen molar-refractivity contribution in [1.29, 1.82) is 0 Å². The molecule has 0 aliphatic heterocycles. The predicted molar refractivity (Wildman–Crippen MR) is 58.9 cm³/mol. The molecule has 0 aliphatic carbocycles. The Morgan fingerprint density at radius 2 is 1.95 bits per heavy atom. The quantitative estimate of drug-likeness (QED) is 0.881. The topological polar surface area (TPSA) is 83.5 Å². The highest BCUT2D eigenvalue weighted by Gasteiger charge is 2.32. The monoisotopic (exact) mass is 297 g/mol. The maximum Gasteiger partial charge on any atom is 0.416 e. The van der Waals surface area contributed by atoms with Gasteiger partial charge in [-0.25, -0.2) is 8.42 Å². The zero-order valence-electron chi connectivity index (χ0n) is 9.60. The number of hydrogen-bond acceptors (Lipinski definition) is 3. The van der Waals surface area contributed by atoms with Gasteiger partial charge in [0.05, 0.1) is 10.5 Å². The predicted octanol–water partition coefficient (Wildman–Crippen LogP) is 1.46. The van der Waals surface area contributed by atoms with Crippen LogP contribution in [0.3, 0.4) is 0 Å². The van der Waals surface area contributed by atoms with E-state index in [9.17, 15) is 26.4 Å². The van der Waals surface area contributed by atoms with Crippen molar-refractivity contribution in [3.8, 4) is 0 Å². The standard InChI is InChI=1S/C10H10F3NO4S/c1-6(9(15)16)14-19(17,18)8-4-2-3-7(5-8)10(11,12)13/h2-6,14H,1H3,(H,15,16)/t6-/m1/s1. The maximum absolute atomic E-state index is 12.4. The van der Waals surface area contributed by atoms with E-state index in [-0.39, 0.29) is 0 Å². The van der Waals surface area contributed by atoms with Gasteiger partial charge in [0, 0.05) is 0 Å². The molecule has 0 heterocycles. The van der Waals surface area contributed by atoms with E-state index < -0.39 is 38.7 Å². The smallest absolute Gasteiger partial charge is 0.416 e. The van der Waals surface area contributed by atoms with Crippen LogP contribution in [0.15, 0.2) is 29.2 Å². The van der Waals surface area contributed by atoms with Gasteiger partial charge in [-0.3, -0.25) is 4.79 Å². The Morgan fingerprint density at radius 1 is 1.37 bits per heavy atom. The molecule has 0 spiro atoms. The number of hydrogen-bond donors (Lipinski definition) is 2. The van der Waals surface area contributed by atoms with Crippen LogP contribution in [0.2, 0.25) is 0 Å². The van der Waals surface area contributed by atoms with E-state index in [0.29, 0.717) is 6.07 Å². The molecule has 0 bridgehead atoms. The van der Waals surface area contributed by atoms with Gasteiger partial charge in [0.15, 0.2) is 0 Å². The van der Waals surface area contributed by atoms with E-state index in [4.69, 9.17) is 5.11 Å². The molecule has 9 heteroatoms. The number of carboxylic acid groups (broad SMARTS) is 1. The van der Waals surface area contributed by atoms with E-state index >= 15 is 0 Å². The number of aliphatic carboxylic acids is 1. The van der Waals surface area contributed by atoms with Crippen molar-refractivity contribution in [3.63, 3.8) is 0 Å². The van der Waals surface area contributed by atoms with E-state index in [1.807, 2.05) is 0 Å². The second kappa shape index (κ2) is 5.17. The van der Waals surface area contributed by atoms with Crippen LogP contribution in [-0.4, -0.2) is 25.5 Å². The second-order valence-corrected chi connectivity index (χ2v) is 5.42. The van der Waals surface area contributed by atoms with E-state index in [2.05, 4.69) is 0 Å². The highest BCUT2D eigenvalue weighted by molar-refractivity contribution is 7.89. The first kappa shape index (κ1) is 15.4. The fourth-order valence-corrected chi connectivity index (χ4v) is 2.43. The Kier molecular flexibility index (Phi) is 4.21.